The number of rotatable bonds is 6. The summed E-state index contributed by atoms with van der Waals surface area (Å²) in [7, 11) is 0. The van der Waals surface area contributed by atoms with Crippen LogP contribution in [-0.4, -0.2) is 54.7 Å². The Balaban J connectivity index is 1.97. The summed E-state index contributed by atoms with van der Waals surface area (Å²) in [5, 5.41) is 13.8. The van der Waals surface area contributed by atoms with Gasteiger partial charge in [-0.2, -0.15) is 0 Å². The molecule has 0 spiro atoms. The SMILES string of the molecule is CCNC(=NCC(C)(O)c1ccco1)N1CCC(C(=O)OCC)CC1. The predicted octanol–water partition coefficient (Wildman–Crippen LogP) is 1.73. The van der Waals surface area contributed by atoms with E-state index in [2.05, 4.69) is 15.2 Å². The number of hydrogen-bond acceptors (Lipinski definition) is 5. The van der Waals surface area contributed by atoms with Crippen molar-refractivity contribution in [2.24, 2.45) is 10.9 Å². The maximum atomic E-state index is 11.9. The molecule has 1 aromatic rings. The Morgan fingerprint density at radius 3 is 2.76 bits per heavy atom. The number of ether oxygens (including phenoxy) is 1. The topological polar surface area (TPSA) is 87.3 Å². The number of esters is 1. The van der Waals surface area contributed by atoms with Crippen molar-refractivity contribution in [3.05, 3.63) is 24.2 Å². The van der Waals surface area contributed by atoms with Gasteiger partial charge in [-0.25, -0.2) is 4.99 Å². The number of nitrogens with zero attached hydrogens (tertiary/aromatic N) is 2. The summed E-state index contributed by atoms with van der Waals surface area (Å²) in [5.74, 6) is 1.10. The van der Waals surface area contributed by atoms with Gasteiger partial charge in [0.25, 0.3) is 0 Å². The van der Waals surface area contributed by atoms with Crippen LogP contribution in [0, 0.1) is 5.92 Å². The molecule has 1 aliphatic rings. The molecule has 0 saturated carbocycles. The van der Waals surface area contributed by atoms with Crippen LogP contribution < -0.4 is 5.32 Å². The van der Waals surface area contributed by atoms with E-state index < -0.39 is 5.60 Å². The minimum Gasteiger partial charge on any atom is -0.466 e. The quantitative estimate of drug-likeness (QED) is 0.461. The molecule has 0 bridgehead atoms. The third-order valence-corrected chi connectivity index (χ3v) is 4.34. The van der Waals surface area contributed by atoms with E-state index >= 15 is 0 Å². The van der Waals surface area contributed by atoms with E-state index in [0.29, 0.717) is 12.4 Å². The monoisotopic (exact) mass is 351 g/mol. The van der Waals surface area contributed by atoms with Gasteiger partial charge in [-0.1, -0.05) is 0 Å². The van der Waals surface area contributed by atoms with Gasteiger partial charge >= 0.3 is 5.97 Å². The standard InChI is InChI=1S/C18H29N3O4/c1-4-19-17(20-13-18(3,23)15-7-6-12-25-15)21-10-8-14(9-11-21)16(22)24-5-2/h6-7,12,14,23H,4-5,8-11,13H2,1-3H3,(H,19,20). The van der Waals surface area contributed by atoms with Gasteiger partial charge in [0, 0.05) is 19.6 Å². The zero-order chi connectivity index (χ0) is 18.3. The molecule has 1 aliphatic heterocycles. The average Bonchev–Trinajstić information content (AvgIpc) is 3.14. The van der Waals surface area contributed by atoms with Gasteiger partial charge < -0.3 is 24.5 Å². The summed E-state index contributed by atoms with van der Waals surface area (Å²) >= 11 is 0. The number of carbonyl (C=O) groups excluding carboxylic acids is 1. The summed E-state index contributed by atoms with van der Waals surface area (Å²) in [6, 6.07) is 3.49. The lowest BCUT2D eigenvalue weighted by molar-refractivity contribution is -0.149. The van der Waals surface area contributed by atoms with Crippen LogP contribution in [0.4, 0.5) is 0 Å². The summed E-state index contributed by atoms with van der Waals surface area (Å²) < 4.78 is 10.4. The van der Waals surface area contributed by atoms with Crippen molar-refractivity contribution in [3.63, 3.8) is 0 Å². The second-order valence-electron chi connectivity index (χ2n) is 6.43. The maximum absolute atomic E-state index is 11.9. The molecule has 0 radical (unpaired) electrons. The van der Waals surface area contributed by atoms with Gasteiger partial charge in [0.05, 0.1) is 25.3 Å². The van der Waals surface area contributed by atoms with Gasteiger partial charge in [-0.15, -0.1) is 0 Å². The van der Waals surface area contributed by atoms with Crippen molar-refractivity contribution in [1.29, 1.82) is 0 Å². The lowest BCUT2D eigenvalue weighted by Gasteiger charge is -2.33. The van der Waals surface area contributed by atoms with Crippen LogP contribution in [0.3, 0.4) is 0 Å². The Bertz CT molecular complexity index is 561. The Hall–Kier alpha value is -2.02. The summed E-state index contributed by atoms with van der Waals surface area (Å²) in [5.41, 5.74) is -1.16. The summed E-state index contributed by atoms with van der Waals surface area (Å²) in [4.78, 5) is 18.6. The molecule has 0 aliphatic carbocycles. The minimum atomic E-state index is -1.16. The van der Waals surface area contributed by atoms with E-state index in [4.69, 9.17) is 9.15 Å². The lowest BCUT2D eigenvalue weighted by atomic mass is 9.97. The van der Waals surface area contributed by atoms with Gasteiger partial charge in [0.15, 0.2) is 5.96 Å². The fourth-order valence-electron chi connectivity index (χ4n) is 2.90. The van der Waals surface area contributed by atoms with Crippen molar-refractivity contribution < 1.29 is 19.1 Å². The minimum absolute atomic E-state index is 0.0368. The van der Waals surface area contributed by atoms with E-state index in [1.165, 1.54) is 0 Å². The zero-order valence-corrected chi connectivity index (χ0v) is 15.3. The molecule has 2 N–H and O–H groups in total. The number of aliphatic imine (C=N–C) groups is 1. The molecule has 1 aromatic heterocycles. The fraction of sp³-hybridized carbons (Fsp3) is 0.667. The molecule has 25 heavy (non-hydrogen) atoms. The van der Waals surface area contributed by atoms with Crippen LogP contribution in [0.1, 0.15) is 39.4 Å². The first-order valence-corrected chi connectivity index (χ1v) is 8.94. The predicted molar refractivity (Wildman–Crippen MR) is 95.2 cm³/mol. The Labute approximate surface area is 149 Å². The van der Waals surface area contributed by atoms with Crippen molar-refractivity contribution in [1.82, 2.24) is 10.2 Å². The Morgan fingerprint density at radius 2 is 2.20 bits per heavy atom. The Morgan fingerprint density at radius 1 is 1.48 bits per heavy atom. The smallest absolute Gasteiger partial charge is 0.309 e. The highest BCUT2D eigenvalue weighted by atomic mass is 16.5. The highest BCUT2D eigenvalue weighted by molar-refractivity contribution is 5.80. The van der Waals surface area contributed by atoms with E-state index in [0.717, 1.165) is 38.4 Å². The van der Waals surface area contributed by atoms with E-state index in [9.17, 15) is 9.90 Å². The first-order chi connectivity index (χ1) is 12.0. The molecule has 1 atom stereocenters. The molecule has 0 aromatic carbocycles. The number of likely N-dealkylation sites (tertiary alicyclic amines) is 1. The van der Waals surface area contributed by atoms with Gasteiger partial charge in [0.2, 0.25) is 0 Å². The van der Waals surface area contributed by atoms with Crippen LogP contribution in [0.5, 0.6) is 0 Å². The van der Waals surface area contributed by atoms with E-state index in [1.807, 2.05) is 13.8 Å². The highest BCUT2D eigenvalue weighted by Crippen LogP contribution is 2.22. The van der Waals surface area contributed by atoms with E-state index in [-0.39, 0.29) is 18.4 Å². The maximum Gasteiger partial charge on any atom is 0.309 e. The summed E-state index contributed by atoms with van der Waals surface area (Å²) in [6.45, 7) is 8.34. The number of nitrogens with one attached hydrogen (secondary N) is 1. The number of carbonyl (C=O) groups is 1. The zero-order valence-electron chi connectivity index (χ0n) is 15.3. The normalized spacial score (nSPS) is 18.7. The molecule has 2 heterocycles. The first kappa shape index (κ1) is 19.3. The Kier molecular flexibility index (Phi) is 6.87. The number of guanidine groups is 1. The molecule has 7 heteroatoms. The molecule has 2 rings (SSSR count). The van der Waals surface area contributed by atoms with Crippen molar-refractivity contribution in [2.45, 2.75) is 39.2 Å². The molecule has 140 valence electrons. The third-order valence-electron chi connectivity index (χ3n) is 4.34. The number of aliphatic hydroxyl groups is 1. The number of piperidine rings is 1. The molecule has 1 saturated heterocycles. The average molecular weight is 351 g/mol. The second-order valence-corrected chi connectivity index (χ2v) is 6.43. The number of furan rings is 1. The lowest BCUT2D eigenvalue weighted by Crippen LogP contribution is -2.47. The van der Waals surface area contributed by atoms with Crippen LogP contribution in [-0.2, 0) is 15.1 Å². The van der Waals surface area contributed by atoms with Crippen LogP contribution in [0.15, 0.2) is 27.8 Å². The molecular formula is C18H29N3O4. The first-order valence-electron chi connectivity index (χ1n) is 8.94. The highest BCUT2D eigenvalue weighted by Gasteiger charge is 2.29. The molecular weight excluding hydrogens is 322 g/mol. The second kappa shape index (κ2) is 8.89. The third kappa shape index (κ3) is 5.22. The molecule has 7 nitrogen and oxygen atoms in total. The van der Waals surface area contributed by atoms with Crippen molar-refractivity contribution >= 4 is 11.9 Å². The van der Waals surface area contributed by atoms with Gasteiger partial charge in [-0.3, -0.25) is 4.79 Å². The van der Waals surface area contributed by atoms with Crippen LogP contribution in [0.2, 0.25) is 0 Å². The van der Waals surface area contributed by atoms with Crippen LogP contribution >= 0.6 is 0 Å². The van der Waals surface area contributed by atoms with Gasteiger partial charge in [-0.05, 0) is 45.7 Å². The van der Waals surface area contributed by atoms with Crippen LogP contribution in [0.25, 0.3) is 0 Å². The summed E-state index contributed by atoms with van der Waals surface area (Å²) in [6.07, 6.45) is 3.04. The number of hydrogen-bond donors (Lipinski definition) is 2. The molecule has 1 unspecified atom stereocenters. The van der Waals surface area contributed by atoms with Crippen molar-refractivity contribution in [3.8, 4) is 0 Å². The largest absolute Gasteiger partial charge is 0.466 e. The van der Waals surface area contributed by atoms with E-state index in [1.54, 1.807) is 25.3 Å². The van der Waals surface area contributed by atoms with Gasteiger partial charge in [0.1, 0.15) is 11.4 Å². The molecule has 1 fully saturated rings. The fourth-order valence-corrected chi connectivity index (χ4v) is 2.90. The molecule has 0 amide bonds. The van der Waals surface area contributed by atoms with Crippen molar-refractivity contribution in [2.75, 3.05) is 32.8 Å².